The van der Waals surface area contributed by atoms with Gasteiger partial charge >= 0.3 is 0 Å². The number of aromatic nitrogens is 3. The maximum Gasteiger partial charge on any atom is 0.159 e. The molecule has 0 radical (unpaired) electrons. The van der Waals surface area contributed by atoms with Gasteiger partial charge in [-0.05, 0) is 44.5 Å². The third-order valence-corrected chi connectivity index (χ3v) is 4.87. The topological polar surface area (TPSA) is 60.1 Å². The van der Waals surface area contributed by atoms with E-state index in [9.17, 15) is 4.79 Å². The molecule has 30 heavy (non-hydrogen) atoms. The van der Waals surface area contributed by atoms with Gasteiger partial charge < -0.3 is 4.79 Å². The van der Waals surface area contributed by atoms with Crippen molar-refractivity contribution in [3.8, 4) is 5.69 Å². The Morgan fingerprint density at radius 2 is 1.70 bits per heavy atom. The number of carbonyl (C=O) groups excluding carboxylic acids is 1. The Morgan fingerprint density at radius 1 is 1.07 bits per heavy atom. The van der Waals surface area contributed by atoms with Crippen LogP contribution in [0.3, 0.4) is 0 Å². The van der Waals surface area contributed by atoms with E-state index in [1.165, 1.54) is 5.56 Å². The summed E-state index contributed by atoms with van der Waals surface area (Å²) in [4.78, 5) is 14.6. The molecule has 1 aromatic heterocycles. The first kappa shape index (κ1) is 23.5. The van der Waals surface area contributed by atoms with Gasteiger partial charge in [-0.2, -0.15) is 0 Å². The lowest BCUT2D eigenvalue weighted by Gasteiger charge is -2.15. The molecule has 0 saturated heterocycles. The molecule has 158 valence electrons. The van der Waals surface area contributed by atoms with Crippen molar-refractivity contribution in [3.05, 3.63) is 75.8 Å². The van der Waals surface area contributed by atoms with Crippen LogP contribution >= 0.6 is 11.6 Å². The molecular formula is C24H29ClN4O. The summed E-state index contributed by atoms with van der Waals surface area (Å²) in [5.41, 5.74) is 5.41. The number of benzene rings is 2. The van der Waals surface area contributed by atoms with Crippen LogP contribution in [0, 0.1) is 13.8 Å². The van der Waals surface area contributed by atoms with Crippen molar-refractivity contribution in [2.45, 2.75) is 54.5 Å². The van der Waals surface area contributed by atoms with Crippen molar-refractivity contribution in [3.63, 3.8) is 0 Å². The first-order chi connectivity index (χ1) is 14.4. The average Bonchev–Trinajstić information content (AvgIpc) is 3.02. The molecule has 1 aliphatic rings. The molecule has 0 fully saturated rings. The maximum absolute atomic E-state index is 9.81. The summed E-state index contributed by atoms with van der Waals surface area (Å²) in [7, 11) is 0. The average molecular weight is 425 g/mol. The smallest absolute Gasteiger partial charge is 0.159 e. The van der Waals surface area contributed by atoms with Crippen LogP contribution in [-0.2, 0) is 11.3 Å². The number of ketones is 1. The van der Waals surface area contributed by atoms with E-state index in [1.54, 1.807) is 6.92 Å². The molecule has 4 rings (SSSR count). The zero-order chi connectivity index (χ0) is 22.3. The summed E-state index contributed by atoms with van der Waals surface area (Å²) in [6.45, 7) is 12.0. The number of nitrogens with zero attached hydrogens (tertiary/aromatic N) is 4. The normalized spacial score (nSPS) is 11.5. The minimum atomic E-state index is 0.255. The van der Waals surface area contributed by atoms with Crippen LogP contribution in [0.5, 0.6) is 0 Å². The van der Waals surface area contributed by atoms with E-state index in [4.69, 9.17) is 16.6 Å². The zero-order valence-electron chi connectivity index (χ0n) is 18.5. The fraction of sp³-hybridized carbons (Fsp3) is 0.333. The second-order valence-electron chi connectivity index (χ2n) is 6.70. The van der Waals surface area contributed by atoms with E-state index in [-0.39, 0.29) is 5.78 Å². The van der Waals surface area contributed by atoms with Gasteiger partial charge in [-0.25, -0.2) is 0 Å². The van der Waals surface area contributed by atoms with Gasteiger partial charge in [0.15, 0.2) is 5.82 Å². The van der Waals surface area contributed by atoms with Crippen molar-refractivity contribution in [2.75, 3.05) is 0 Å². The number of hydrogen-bond donors (Lipinski definition) is 0. The van der Waals surface area contributed by atoms with E-state index in [0.717, 1.165) is 39.2 Å². The molecule has 6 heteroatoms. The van der Waals surface area contributed by atoms with Crippen LogP contribution < -0.4 is 0 Å². The summed E-state index contributed by atoms with van der Waals surface area (Å²) in [6, 6.07) is 14.1. The van der Waals surface area contributed by atoms with Crippen LogP contribution in [0.15, 0.2) is 47.5 Å². The van der Waals surface area contributed by atoms with Crippen molar-refractivity contribution in [2.24, 2.45) is 4.99 Å². The maximum atomic E-state index is 9.81. The highest BCUT2D eigenvalue weighted by Crippen LogP contribution is 2.28. The molecule has 3 aromatic rings. The summed E-state index contributed by atoms with van der Waals surface area (Å²) in [5.74, 6) is 1.99. The molecule has 0 aliphatic carbocycles. The van der Waals surface area contributed by atoms with Gasteiger partial charge in [-0.1, -0.05) is 56.6 Å². The minimum Gasteiger partial charge on any atom is -0.300 e. The Hall–Kier alpha value is -2.79. The van der Waals surface area contributed by atoms with Crippen molar-refractivity contribution < 1.29 is 4.79 Å². The van der Waals surface area contributed by atoms with Crippen LogP contribution in [0.1, 0.15) is 62.5 Å². The minimum absolute atomic E-state index is 0.255. The zero-order valence-corrected chi connectivity index (χ0v) is 19.3. The Labute approximate surface area is 183 Å². The number of halogens is 1. The third kappa shape index (κ3) is 5.22. The van der Waals surface area contributed by atoms with E-state index in [1.807, 2.05) is 52.0 Å². The van der Waals surface area contributed by atoms with Crippen LogP contribution in [0.25, 0.3) is 5.69 Å². The fourth-order valence-electron chi connectivity index (χ4n) is 3.04. The molecule has 2 aromatic carbocycles. The number of carbonyl (C=O) groups is 1. The standard InChI is InChI=1S/C18H15ClN4.C4H8O.C2H6/c1-11-4-3-5-15-17(11)18(13-6-8-14(19)9-7-13)20-10-16-22-21-12(2)23(15)16;1-3-4(2)5;1-2/h3-9H,10H2,1-2H3;3H2,1-2H3;1-2H3. The van der Waals surface area contributed by atoms with E-state index < -0.39 is 0 Å². The van der Waals surface area contributed by atoms with E-state index in [0.29, 0.717) is 13.0 Å². The molecule has 0 amide bonds. The predicted octanol–water partition coefficient (Wildman–Crippen LogP) is 5.90. The molecule has 5 nitrogen and oxygen atoms in total. The summed E-state index contributed by atoms with van der Waals surface area (Å²) >= 11 is 6.03. The highest BCUT2D eigenvalue weighted by atomic mass is 35.5. The molecule has 2 heterocycles. The number of fused-ring (bicyclic) bond motifs is 3. The molecule has 1 aliphatic heterocycles. The predicted molar refractivity (Wildman–Crippen MR) is 124 cm³/mol. The second kappa shape index (κ2) is 10.8. The fourth-order valence-corrected chi connectivity index (χ4v) is 3.17. The molecule has 0 N–H and O–H groups in total. The van der Waals surface area contributed by atoms with Gasteiger partial charge in [0.2, 0.25) is 0 Å². The van der Waals surface area contributed by atoms with Gasteiger partial charge in [0.1, 0.15) is 18.2 Å². The molecule has 0 unspecified atom stereocenters. The van der Waals surface area contributed by atoms with Crippen molar-refractivity contribution in [1.82, 2.24) is 14.8 Å². The highest BCUT2D eigenvalue weighted by molar-refractivity contribution is 6.30. The number of Topliss-reactive ketones (excluding diaryl/α,β-unsaturated/α-hetero) is 1. The molecular weight excluding hydrogens is 396 g/mol. The quantitative estimate of drug-likeness (QED) is 0.514. The lowest BCUT2D eigenvalue weighted by atomic mass is 9.96. The number of rotatable bonds is 2. The highest BCUT2D eigenvalue weighted by Gasteiger charge is 2.22. The first-order valence-corrected chi connectivity index (χ1v) is 10.6. The SMILES string of the molecule is CC.CCC(C)=O.Cc1cccc2c1C(c1ccc(Cl)cc1)=NCc1nnc(C)n1-2. The molecule has 0 saturated carbocycles. The summed E-state index contributed by atoms with van der Waals surface area (Å²) in [5, 5.41) is 9.20. The summed E-state index contributed by atoms with van der Waals surface area (Å²) in [6.07, 6.45) is 0.667. The second-order valence-corrected chi connectivity index (χ2v) is 7.13. The van der Waals surface area contributed by atoms with Crippen LogP contribution in [0.4, 0.5) is 0 Å². The Bertz CT molecular complexity index is 1040. The van der Waals surface area contributed by atoms with Gasteiger partial charge in [-0.3, -0.25) is 9.56 Å². The van der Waals surface area contributed by atoms with Crippen molar-refractivity contribution >= 4 is 23.1 Å². The van der Waals surface area contributed by atoms with Gasteiger partial charge in [0, 0.05) is 22.6 Å². The van der Waals surface area contributed by atoms with Gasteiger partial charge in [0.05, 0.1) is 11.4 Å². The third-order valence-electron chi connectivity index (χ3n) is 4.61. The number of hydrogen-bond acceptors (Lipinski definition) is 4. The van der Waals surface area contributed by atoms with Crippen LogP contribution in [-0.4, -0.2) is 26.3 Å². The van der Waals surface area contributed by atoms with Crippen LogP contribution in [0.2, 0.25) is 5.02 Å². The number of aliphatic imine (C=N–C) groups is 1. The lowest BCUT2D eigenvalue weighted by molar-refractivity contribution is -0.116. The van der Waals surface area contributed by atoms with Gasteiger partial charge in [-0.15, -0.1) is 10.2 Å². The Morgan fingerprint density at radius 3 is 2.30 bits per heavy atom. The Balaban J connectivity index is 0.000000404. The molecule has 0 spiro atoms. The van der Waals surface area contributed by atoms with Crippen molar-refractivity contribution in [1.29, 1.82) is 0 Å². The van der Waals surface area contributed by atoms with E-state index in [2.05, 4.69) is 39.9 Å². The molecule has 0 atom stereocenters. The number of aryl methyl sites for hydroxylation is 2. The Kier molecular flexibility index (Phi) is 8.48. The van der Waals surface area contributed by atoms with E-state index >= 15 is 0 Å². The lowest BCUT2D eigenvalue weighted by Crippen LogP contribution is -2.10. The summed E-state index contributed by atoms with van der Waals surface area (Å²) < 4.78 is 2.09. The monoisotopic (exact) mass is 424 g/mol. The van der Waals surface area contributed by atoms with Gasteiger partial charge in [0.25, 0.3) is 0 Å². The first-order valence-electron chi connectivity index (χ1n) is 10.2. The molecule has 0 bridgehead atoms. The largest absolute Gasteiger partial charge is 0.300 e.